The highest BCUT2D eigenvalue weighted by Gasteiger charge is 2.00. The third kappa shape index (κ3) is 3.70. The molecule has 0 atom stereocenters. The zero-order valence-corrected chi connectivity index (χ0v) is 11.8. The molecule has 0 aliphatic carbocycles. The second kappa shape index (κ2) is 6.35. The Hall–Kier alpha value is -1.62. The van der Waals surface area contributed by atoms with Crippen molar-refractivity contribution >= 4 is 27.6 Å². The van der Waals surface area contributed by atoms with Crippen LogP contribution in [0, 0.1) is 0 Å². The third-order valence-electron chi connectivity index (χ3n) is 2.55. The average Bonchev–Trinajstić information content (AvgIpc) is 2.42. The molecule has 1 aromatic heterocycles. The van der Waals surface area contributed by atoms with E-state index in [1.54, 1.807) is 12.4 Å². The van der Waals surface area contributed by atoms with Gasteiger partial charge in [-0.05, 0) is 28.1 Å². The molecule has 0 unspecified atom stereocenters. The van der Waals surface area contributed by atoms with Gasteiger partial charge in [0.1, 0.15) is 0 Å². The van der Waals surface area contributed by atoms with Gasteiger partial charge in [-0.1, -0.05) is 18.2 Å². The van der Waals surface area contributed by atoms with E-state index in [4.69, 9.17) is 0 Å². The van der Waals surface area contributed by atoms with Gasteiger partial charge in [-0.2, -0.15) is 0 Å². The number of likely N-dealkylation sites (N-methyl/N-ethyl adjacent to an activating group) is 1. The number of para-hydroxylation sites is 1. The molecule has 0 aliphatic rings. The molecule has 0 radical (unpaired) electrons. The Morgan fingerprint density at radius 1 is 1.17 bits per heavy atom. The van der Waals surface area contributed by atoms with Crippen LogP contribution in [0.3, 0.4) is 0 Å². The van der Waals surface area contributed by atoms with Crippen LogP contribution in [-0.2, 0) is 0 Å². The first-order chi connectivity index (χ1) is 8.75. The maximum Gasteiger partial charge on any atom is 0.222 e. The normalized spacial score (nSPS) is 10.1. The van der Waals surface area contributed by atoms with Crippen LogP contribution >= 0.6 is 15.9 Å². The van der Waals surface area contributed by atoms with Gasteiger partial charge in [0.15, 0.2) is 0 Å². The Labute approximate surface area is 115 Å². The molecule has 18 heavy (non-hydrogen) atoms. The van der Waals surface area contributed by atoms with Crippen molar-refractivity contribution in [2.24, 2.45) is 0 Å². The number of halogens is 1. The standard InChI is InChI=1S/C13H15BrN4/c1-18(12-5-3-2-4-6-12)8-7-15-13-16-9-11(14)10-17-13/h2-6,9-10H,7-8H2,1H3,(H,15,16,17). The molecule has 5 heteroatoms. The van der Waals surface area contributed by atoms with Crippen molar-refractivity contribution in [1.29, 1.82) is 0 Å². The number of rotatable bonds is 5. The Balaban J connectivity index is 1.80. The quantitative estimate of drug-likeness (QED) is 0.922. The molecule has 0 saturated carbocycles. The Kier molecular flexibility index (Phi) is 4.52. The lowest BCUT2D eigenvalue weighted by atomic mass is 10.3. The predicted molar refractivity (Wildman–Crippen MR) is 77.9 cm³/mol. The average molecular weight is 307 g/mol. The largest absolute Gasteiger partial charge is 0.373 e. The first kappa shape index (κ1) is 12.8. The lowest BCUT2D eigenvalue weighted by Gasteiger charge is -2.19. The molecule has 0 bridgehead atoms. The van der Waals surface area contributed by atoms with Crippen molar-refractivity contribution in [3.05, 3.63) is 47.2 Å². The van der Waals surface area contributed by atoms with Crippen molar-refractivity contribution < 1.29 is 0 Å². The molecule has 2 rings (SSSR count). The summed E-state index contributed by atoms with van der Waals surface area (Å²) < 4.78 is 0.884. The van der Waals surface area contributed by atoms with Crippen LogP contribution in [-0.4, -0.2) is 30.1 Å². The SMILES string of the molecule is CN(CCNc1ncc(Br)cn1)c1ccccc1. The zero-order chi connectivity index (χ0) is 12.8. The maximum absolute atomic E-state index is 4.16. The molecule has 0 spiro atoms. The minimum atomic E-state index is 0.652. The Morgan fingerprint density at radius 3 is 2.50 bits per heavy atom. The van der Waals surface area contributed by atoms with Crippen LogP contribution in [0.5, 0.6) is 0 Å². The highest BCUT2D eigenvalue weighted by molar-refractivity contribution is 9.10. The molecule has 94 valence electrons. The van der Waals surface area contributed by atoms with Crippen LogP contribution in [0.2, 0.25) is 0 Å². The minimum absolute atomic E-state index is 0.652. The molecule has 4 nitrogen and oxygen atoms in total. The van der Waals surface area contributed by atoms with Crippen LogP contribution < -0.4 is 10.2 Å². The maximum atomic E-state index is 4.16. The topological polar surface area (TPSA) is 41.0 Å². The molecule has 2 aromatic rings. The molecule has 1 heterocycles. The predicted octanol–water partition coefficient (Wildman–Crippen LogP) is 2.79. The minimum Gasteiger partial charge on any atom is -0.373 e. The fourth-order valence-corrected chi connectivity index (χ4v) is 1.76. The monoisotopic (exact) mass is 306 g/mol. The molecular formula is C13H15BrN4. The molecule has 0 amide bonds. The van der Waals surface area contributed by atoms with Gasteiger partial charge in [-0.3, -0.25) is 0 Å². The smallest absolute Gasteiger partial charge is 0.222 e. The molecule has 1 N–H and O–H groups in total. The van der Waals surface area contributed by atoms with Crippen molar-refractivity contribution in [3.8, 4) is 0 Å². The Bertz CT molecular complexity index is 472. The summed E-state index contributed by atoms with van der Waals surface area (Å²) in [6.07, 6.45) is 3.46. The second-order valence-corrected chi connectivity index (χ2v) is 4.82. The summed E-state index contributed by atoms with van der Waals surface area (Å²) in [7, 11) is 2.07. The third-order valence-corrected chi connectivity index (χ3v) is 2.96. The number of benzene rings is 1. The number of aromatic nitrogens is 2. The van der Waals surface area contributed by atoms with E-state index < -0.39 is 0 Å². The van der Waals surface area contributed by atoms with Gasteiger partial charge in [0.05, 0.1) is 4.47 Å². The van der Waals surface area contributed by atoms with E-state index in [0.29, 0.717) is 5.95 Å². The molecule has 0 fully saturated rings. The summed E-state index contributed by atoms with van der Waals surface area (Å²) >= 11 is 3.31. The van der Waals surface area contributed by atoms with Crippen LogP contribution in [0.25, 0.3) is 0 Å². The summed E-state index contributed by atoms with van der Waals surface area (Å²) in [5.74, 6) is 0.652. The van der Waals surface area contributed by atoms with E-state index >= 15 is 0 Å². The van der Waals surface area contributed by atoms with Crippen molar-refractivity contribution in [2.45, 2.75) is 0 Å². The number of nitrogens with one attached hydrogen (secondary N) is 1. The van der Waals surface area contributed by atoms with Gasteiger partial charge in [0.25, 0.3) is 0 Å². The van der Waals surface area contributed by atoms with E-state index in [9.17, 15) is 0 Å². The van der Waals surface area contributed by atoms with Crippen LogP contribution in [0.15, 0.2) is 47.2 Å². The van der Waals surface area contributed by atoms with Gasteiger partial charge in [0, 0.05) is 38.2 Å². The fourth-order valence-electron chi connectivity index (χ4n) is 1.55. The van der Waals surface area contributed by atoms with Crippen molar-refractivity contribution in [2.75, 3.05) is 30.4 Å². The summed E-state index contributed by atoms with van der Waals surface area (Å²) in [5.41, 5.74) is 1.20. The number of hydrogen-bond acceptors (Lipinski definition) is 4. The van der Waals surface area contributed by atoms with Crippen molar-refractivity contribution in [3.63, 3.8) is 0 Å². The molecule has 0 aliphatic heterocycles. The van der Waals surface area contributed by atoms with Gasteiger partial charge in [0.2, 0.25) is 5.95 Å². The van der Waals surface area contributed by atoms with E-state index in [2.05, 4.69) is 55.3 Å². The second-order valence-electron chi connectivity index (χ2n) is 3.91. The summed E-state index contributed by atoms with van der Waals surface area (Å²) in [5, 5.41) is 3.19. The van der Waals surface area contributed by atoms with Crippen LogP contribution in [0.4, 0.5) is 11.6 Å². The number of nitrogens with zero attached hydrogens (tertiary/aromatic N) is 3. The summed E-state index contributed by atoms with van der Waals surface area (Å²) in [4.78, 5) is 10.5. The molecular weight excluding hydrogens is 292 g/mol. The number of hydrogen-bond donors (Lipinski definition) is 1. The highest BCUT2D eigenvalue weighted by atomic mass is 79.9. The fraction of sp³-hybridized carbons (Fsp3) is 0.231. The van der Waals surface area contributed by atoms with Gasteiger partial charge >= 0.3 is 0 Å². The highest BCUT2D eigenvalue weighted by Crippen LogP contribution is 2.10. The lowest BCUT2D eigenvalue weighted by molar-refractivity contribution is 0.902. The first-order valence-corrected chi connectivity index (χ1v) is 6.52. The molecule has 1 aromatic carbocycles. The Morgan fingerprint density at radius 2 is 1.83 bits per heavy atom. The van der Waals surface area contributed by atoms with Crippen molar-refractivity contribution in [1.82, 2.24) is 9.97 Å². The van der Waals surface area contributed by atoms with E-state index in [0.717, 1.165) is 17.6 Å². The summed E-state index contributed by atoms with van der Waals surface area (Å²) in [6.45, 7) is 1.69. The van der Waals surface area contributed by atoms with Gasteiger partial charge in [-0.25, -0.2) is 9.97 Å². The summed E-state index contributed by atoms with van der Waals surface area (Å²) in [6, 6.07) is 10.3. The van der Waals surface area contributed by atoms with Crippen LogP contribution in [0.1, 0.15) is 0 Å². The number of anilines is 2. The zero-order valence-electron chi connectivity index (χ0n) is 10.2. The van der Waals surface area contributed by atoms with E-state index in [-0.39, 0.29) is 0 Å². The first-order valence-electron chi connectivity index (χ1n) is 5.73. The molecule has 0 saturated heterocycles. The van der Waals surface area contributed by atoms with Gasteiger partial charge < -0.3 is 10.2 Å². The lowest BCUT2D eigenvalue weighted by Crippen LogP contribution is -2.25. The van der Waals surface area contributed by atoms with Gasteiger partial charge in [-0.15, -0.1) is 0 Å². The van der Waals surface area contributed by atoms with E-state index in [1.807, 2.05) is 18.2 Å². The van der Waals surface area contributed by atoms with E-state index in [1.165, 1.54) is 5.69 Å².